The van der Waals surface area contributed by atoms with E-state index in [1.165, 1.54) is 0 Å². The molecule has 0 aromatic rings. The van der Waals surface area contributed by atoms with Crippen LogP contribution in [0.2, 0.25) is 0 Å². The van der Waals surface area contributed by atoms with Crippen molar-refractivity contribution in [1.29, 1.82) is 0 Å². The molecule has 0 saturated carbocycles. The van der Waals surface area contributed by atoms with Crippen LogP contribution in [0, 0.1) is 5.41 Å². The SMILES string of the molecule is CC.ClCC(CCl)(CCl)CCl. The summed E-state index contributed by atoms with van der Waals surface area (Å²) in [5, 5.41) is 0. The Bertz CT molecular complexity index is 53.3. The smallest absolute Gasteiger partial charge is 0.0314 e. The molecule has 0 atom stereocenters. The van der Waals surface area contributed by atoms with Gasteiger partial charge in [0, 0.05) is 28.9 Å². The Kier molecular flexibility index (Phi) is 12.3. The summed E-state index contributed by atoms with van der Waals surface area (Å²) in [4.78, 5) is 0. The van der Waals surface area contributed by atoms with E-state index in [4.69, 9.17) is 46.4 Å². The lowest BCUT2D eigenvalue weighted by molar-refractivity contribution is 0.500. The number of rotatable bonds is 4. The molecule has 0 spiro atoms. The second-order valence-electron chi connectivity index (χ2n) is 2.03. The Balaban J connectivity index is 0. The van der Waals surface area contributed by atoms with Crippen LogP contribution in [0.5, 0.6) is 0 Å². The van der Waals surface area contributed by atoms with Crippen LogP contribution in [0.3, 0.4) is 0 Å². The molecule has 0 radical (unpaired) electrons. The second kappa shape index (κ2) is 9.25. The summed E-state index contributed by atoms with van der Waals surface area (Å²) in [7, 11) is 0. The zero-order valence-electron chi connectivity index (χ0n) is 6.84. The van der Waals surface area contributed by atoms with Crippen molar-refractivity contribution in [2.24, 2.45) is 5.41 Å². The molecular weight excluding hydrogens is 226 g/mol. The van der Waals surface area contributed by atoms with Crippen LogP contribution in [0.25, 0.3) is 0 Å². The maximum atomic E-state index is 5.57. The summed E-state index contributed by atoms with van der Waals surface area (Å²) >= 11 is 22.3. The molecule has 0 amide bonds. The fourth-order valence-electron chi connectivity index (χ4n) is 0.214. The molecule has 0 heterocycles. The first kappa shape index (κ1) is 14.7. The van der Waals surface area contributed by atoms with Crippen molar-refractivity contribution in [3.05, 3.63) is 0 Å². The Morgan fingerprint density at radius 1 is 0.727 bits per heavy atom. The van der Waals surface area contributed by atoms with Gasteiger partial charge in [-0.05, 0) is 0 Å². The lowest BCUT2D eigenvalue weighted by Crippen LogP contribution is -2.29. The molecule has 0 saturated heterocycles. The van der Waals surface area contributed by atoms with E-state index in [2.05, 4.69) is 0 Å². The summed E-state index contributed by atoms with van der Waals surface area (Å²) in [6.07, 6.45) is 0. The summed E-state index contributed by atoms with van der Waals surface area (Å²) in [5.41, 5.74) is -0.272. The first-order chi connectivity index (χ1) is 5.24. The number of alkyl halides is 4. The third-order valence-electron chi connectivity index (χ3n) is 1.13. The van der Waals surface area contributed by atoms with Crippen LogP contribution < -0.4 is 0 Å². The van der Waals surface area contributed by atoms with E-state index in [1.54, 1.807) is 0 Å². The van der Waals surface area contributed by atoms with Crippen LogP contribution in [0.1, 0.15) is 13.8 Å². The van der Waals surface area contributed by atoms with Crippen molar-refractivity contribution in [2.75, 3.05) is 23.5 Å². The fourth-order valence-corrected chi connectivity index (χ4v) is 1.93. The van der Waals surface area contributed by atoms with Gasteiger partial charge in [0.05, 0.1) is 0 Å². The Morgan fingerprint density at radius 2 is 0.909 bits per heavy atom. The largest absolute Gasteiger partial charge is 0.126 e. The molecule has 0 unspecified atom stereocenters. The van der Waals surface area contributed by atoms with E-state index in [0.29, 0.717) is 23.5 Å². The maximum Gasteiger partial charge on any atom is 0.0314 e. The molecular formula is C7H14Cl4. The van der Waals surface area contributed by atoms with Gasteiger partial charge in [-0.2, -0.15) is 0 Å². The summed E-state index contributed by atoms with van der Waals surface area (Å²) in [5.74, 6) is 1.68. The second-order valence-corrected chi connectivity index (χ2v) is 3.10. The molecule has 0 aromatic carbocycles. The molecule has 11 heavy (non-hydrogen) atoms. The lowest BCUT2D eigenvalue weighted by Gasteiger charge is -2.22. The molecule has 0 fully saturated rings. The maximum absolute atomic E-state index is 5.57. The van der Waals surface area contributed by atoms with E-state index >= 15 is 0 Å². The minimum atomic E-state index is -0.272. The van der Waals surface area contributed by atoms with Gasteiger partial charge in [0.1, 0.15) is 0 Å². The molecule has 0 aliphatic carbocycles. The third kappa shape index (κ3) is 5.41. The van der Waals surface area contributed by atoms with Crippen molar-refractivity contribution < 1.29 is 0 Å². The molecule has 0 aromatic heterocycles. The molecule has 0 bridgehead atoms. The van der Waals surface area contributed by atoms with Crippen LogP contribution in [-0.2, 0) is 0 Å². The molecule has 0 rings (SSSR count). The Labute approximate surface area is 89.1 Å². The van der Waals surface area contributed by atoms with Gasteiger partial charge in [-0.25, -0.2) is 0 Å². The number of halogens is 4. The van der Waals surface area contributed by atoms with Crippen molar-refractivity contribution >= 4 is 46.4 Å². The summed E-state index contributed by atoms with van der Waals surface area (Å²) in [6, 6.07) is 0. The average Bonchev–Trinajstić information content (AvgIpc) is 2.13. The van der Waals surface area contributed by atoms with E-state index in [-0.39, 0.29) is 5.41 Å². The highest BCUT2D eigenvalue weighted by Crippen LogP contribution is 2.24. The average molecular weight is 240 g/mol. The minimum Gasteiger partial charge on any atom is -0.126 e. The highest BCUT2D eigenvalue weighted by atomic mass is 35.5. The summed E-state index contributed by atoms with van der Waals surface area (Å²) < 4.78 is 0. The molecule has 0 aliphatic heterocycles. The molecule has 0 aliphatic rings. The molecule has 70 valence electrons. The van der Waals surface area contributed by atoms with Gasteiger partial charge in [-0.1, -0.05) is 13.8 Å². The van der Waals surface area contributed by atoms with Gasteiger partial charge in [0.2, 0.25) is 0 Å². The van der Waals surface area contributed by atoms with E-state index in [1.807, 2.05) is 13.8 Å². The number of hydrogen-bond donors (Lipinski definition) is 0. The number of hydrogen-bond acceptors (Lipinski definition) is 0. The highest BCUT2D eigenvalue weighted by Gasteiger charge is 2.25. The van der Waals surface area contributed by atoms with E-state index in [0.717, 1.165) is 0 Å². The zero-order valence-corrected chi connectivity index (χ0v) is 9.86. The first-order valence-electron chi connectivity index (χ1n) is 3.48. The predicted octanol–water partition coefficient (Wildman–Crippen LogP) is 3.95. The van der Waals surface area contributed by atoms with Gasteiger partial charge in [-0.3, -0.25) is 0 Å². The van der Waals surface area contributed by atoms with Gasteiger partial charge >= 0.3 is 0 Å². The molecule has 4 heteroatoms. The van der Waals surface area contributed by atoms with Gasteiger partial charge in [0.25, 0.3) is 0 Å². The van der Waals surface area contributed by atoms with Crippen molar-refractivity contribution in [2.45, 2.75) is 13.8 Å². The Morgan fingerprint density at radius 3 is 0.909 bits per heavy atom. The Hall–Kier alpha value is 1.16. The normalized spacial score (nSPS) is 10.4. The lowest BCUT2D eigenvalue weighted by atomic mass is 9.99. The van der Waals surface area contributed by atoms with Crippen molar-refractivity contribution in [1.82, 2.24) is 0 Å². The standard InChI is InChI=1S/C5H8Cl4.C2H6/c6-1-5(2-7,3-8)4-9;1-2/h1-4H2;1-2H3. The molecule has 0 N–H and O–H groups in total. The van der Waals surface area contributed by atoms with Gasteiger partial charge < -0.3 is 0 Å². The monoisotopic (exact) mass is 238 g/mol. The van der Waals surface area contributed by atoms with Crippen LogP contribution >= 0.6 is 46.4 Å². The fraction of sp³-hybridized carbons (Fsp3) is 1.00. The van der Waals surface area contributed by atoms with Gasteiger partial charge in [-0.15, -0.1) is 46.4 Å². The van der Waals surface area contributed by atoms with Gasteiger partial charge in [0.15, 0.2) is 0 Å². The van der Waals surface area contributed by atoms with Crippen LogP contribution in [0.4, 0.5) is 0 Å². The highest BCUT2D eigenvalue weighted by molar-refractivity contribution is 6.26. The van der Waals surface area contributed by atoms with Crippen LogP contribution in [-0.4, -0.2) is 23.5 Å². The van der Waals surface area contributed by atoms with Crippen molar-refractivity contribution in [3.63, 3.8) is 0 Å². The van der Waals surface area contributed by atoms with E-state index in [9.17, 15) is 0 Å². The van der Waals surface area contributed by atoms with Crippen LogP contribution in [0.15, 0.2) is 0 Å². The summed E-state index contributed by atoms with van der Waals surface area (Å²) in [6.45, 7) is 4.00. The minimum absolute atomic E-state index is 0.272. The topological polar surface area (TPSA) is 0 Å². The molecule has 0 nitrogen and oxygen atoms in total. The quantitative estimate of drug-likeness (QED) is 0.652. The van der Waals surface area contributed by atoms with E-state index < -0.39 is 0 Å². The third-order valence-corrected chi connectivity index (χ3v) is 3.40. The zero-order chi connectivity index (χ0) is 9.33. The first-order valence-corrected chi connectivity index (χ1v) is 5.62. The van der Waals surface area contributed by atoms with Crippen molar-refractivity contribution in [3.8, 4) is 0 Å². The predicted molar refractivity (Wildman–Crippen MR) is 56.7 cm³/mol.